The van der Waals surface area contributed by atoms with Gasteiger partial charge in [-0.2, -0.15) is 0 Å². The van der Waals surface area contributed by atoms with E-state index in [1.54, 1.807) is 30.3 Å². The predicted octanol–water partition coefficient (Wildman–Crippen LogP) is 0.877. The molecule has 7 heteroatoms. The second-order valence-electron chi connectivity index (χ2n) is 4.76. The van der Waals surface area contributed by atoms with E-state index in [-0.39, 0.29) is 5.91 Å². The lowest BCUT2D eigenvalue weighted by Crippen LogP contribution is -2.41. The molecule has 1 heterocycles. The maximum atomic E-state index is 11.9. The van der Waals surface area contributed by atoms with Gasteiger partial charge in [0.2, 0.25) is 11.9 Å². The van der Waals surface area contributed by atoms with E-state index in [4.69, 9.17) is 5.11 Å². The summed E-state index contributed by atoms with van der Waals surface area (Å²) in [6, 6.07) is -0.825. The number of carbonyl (C=O) groups excluding carboxylic acids is 1. The van der Waals surface area contributed by atoms with Crippen LogP contribution < -0.4 is 4.90 Å². The Kier molecular flexibility index (Phi) is 5.83. The highest BCUT2D eigenvalue weighted by atomic mass is 16.4. The average molecular weight is 292 g/mol. The Morgan fingerprint density at radius 1 is 1.29 bits per heavy atom. The van der Waals surface area contributed by atoms with Crippen molar-refractivity contribution < 1.29 is 14.7 Å². The topological polar surface area (TPSA) is 86.6 Å². The molecule has 0 bridgehead atoms. The fourth-order valence-corrected chi connectivity index (χ4v) is 1.70. The Balaban J connectivity index is 2.75. The molecule has 1 unspecified atom stereocenters. The number of aliphatic carboxylic acids is 1. The van der Waals surface area contributed by atoms with Crippen molar-refractivity contribution in [1.29, 1.82) is 0 Å². The van der Waals surface area contributed by atoms with Crippen LogP contribution in [0.1, 0.15) is 18.9 Å². The van der Waals surface area contributed by atoms with Gasteiger partial charge in [-0.3, -0.25) is 4.79 Å². The second kappa shape index (κ2) is 7.37. The Hall–Kier alpha value is -2.44. The number of anilines is 1. The first-order valence-corrected chi connectivity index (χ1v) is 6.53. The molecule has 1 N–H and O–H groups in total. The minimum absolute atomic E-state index is 0.353. The Morgan fingerprint density at radius 3 is 2.29 bits per heavy atom. The summed E-state index contributed by atoms with van der Waals surface area (Å²) < 4.78 is 0. The molecule has 0 saturated heterocycles. The summed E-state index contributed by atoms with van der Waals surface area (Å²) in [5.41, 5.74) is 0.672. The van der Waals surface area contributed by atoms with Crippen molar-refractivity contribution in [3.05, 3.63) is 24.0 Å². The monoisotopic (exact) mass is 292 g/mol. The number of carboxylic acids is 1. The van der Waals surface area contributed by atoms with E-state index in [9.17, 15) is 9.59 Å². The van der Waals surface area contributed by atoms with Crippen LogP contribution in [-0.2, 0) is 9.59 Å². The maximum Gasteiger partial charge on any atom is 0.326 e. The van der Waals surface area contributed by atoms with Gasteiger partial charge in [0.15, 0.2) is 0 Å². The zero-order chi connectivity index (χ0) is 16.0. The van der Waals surface area contributed by atoms with Crippen molar-refractivity contribution in [2.45, 2.75) is 19.4 Å². The van der Waals surface area contributed by atoms with Gasteiger partial charge < -0.3 is 14.9 Å². The number of carboxylic acid groups (broad SMARTS) is 1. The normalized spacial score (nSPS) is 12.2. The molecular formula is C14H20N4O3. The van der Waals surface area contributed by atoms with Gasteiger partial charge in [-0.1, -0.05) is 6.92 Å². The third kappa shape index (κ3) is 4.55. The van der Waals surface area contributed by atoms with Crippen LogP contribution >= 0.6 is 0 Å². The number of likely N-dealkylation sites (N-methyl/N-ethyl adjacent to an activating group) is 1. The van der Waals surface area contributed by atoms with Gasteiger partial charge in [-0.15, -0.1) is 0 Å². The SMILES string of the molecule is CCC(C(=O)O)N(C)C(=O)C=Cc1cnc(N(C)C)nc1. The van der Waals surface area contributed by atoms with Crippen LogP contribution in [0, 0.1) is 0 Å². The summed E-state index contributed by atoms with van der Waals surface area (Å²) in [5.74, 6) is -0.811. The summed E-state index contributed by atoms with van der Waals surface area (Å²) in [4.78, 5) is 34.2. The van der Waals surface area contributed by atoms with Crippen molar-refractivity contribution >= 4 is 23.9 Å². The lowest BCUT2D eigenvalue weighted by atomic mass is 10.2. The molecule has 1 atom stereocenters. The van der Waals surface area contributed by atoms with Gasteiger partial charge in [0, 0.05) is 45.2 Å². The van der Waals surface area contributed by atoms with E-state index >= 15 is 0 Å². The first-order chi connectivity index (χ1) is 9.86. The fraction of sp³-hybridized carbons (Fsp3) is 0.429. The number of hydrogen-bond acceptors (Lipinski definition) is 5. The van der Waals surface area contributed by atoms with Gasteiger partial charge in [0.25, 0.3) is 0 Å². The van der Waals surface area contributed by atoms with Crippen molar-refractivity contribution in [2.75, 3.05) is 26.0 Å². The van der Waals surface area contributed by atoms with Crippen molar-refractivity contribution in [1.82, 2.24) is 14.9 Å². The molecular weight excluding hydrogens is 272 g/mol. The molecule has 21 heavy (non-hydrogen) atoms. The Morgan fingerprint density at radius 2 is 1.86 bits per heavy atom. The Labute approximate surface area is 123 Å². The number of carbonyl (C=O) groups is 2. The van der Waals surface area contributed by atoms with Gasteiger partial charge in [-0.25, -0.2) is 14.8 Å². The van der Waals surface area contributed by atoms with Crippen LogP contribution in [0.2, 0.25) is 0 Å². The zero-order valence-electron chi connectivity index (χ0n) is 12.6. The fourth-order valence-electron chi connectivity index (χ4n) is 1.70. The third-order valence-corrected chi connectivity index (χ3v) is 2.96. The van der Waals surface area contributed by atoms with Crippen molar-refractivity contribution in [3.63, 3.8) is 0 Å². The second-order valence-corrected chi connectivity index (χ2v) is 4.76. The summed E-state index contributed by atoms with van der Waals surface area (Å²) >= 11 is 0. The number of hydrogen-bond donors (Lipinski definition) is 1. The van der Waals surface area contributed by atoms with E-state index in [0.29, 0.717) is 17.9 Å². The molecule has 114 valence electrons. The van der Waals surface area contributed by atoms with Gasteiger partial charge in [0.1, 0.15) is 6.04 Å². The standard InChI is InChI=1S/C14H20N4O3/c1-5-11(13(20)21)18(4)12(19)7-6-10-8-15-14(16-9-10)17(2)3/h6-9,11H,5H2,1-4H3,(H,20,21). The molecule has 0 aliphatic carbocycles. The zero-order valence-corrected chi connectivity index (χ0v) is 12.6. The third-order valence-electron chi connectivity index (χ3n) is 2.96. The predicted molar refractivity (Wildman–Crippen MR) is 79.9 cm³/mol. The minimum atomic E-state index is -1.01. The highest BCUT2D eigenvalue weighted by molar-refractivity contribution is 5.94. The number of aromatic nitrogens is 2. The van der Waals surface area contributed by atoms with Crippen LogP contribution in [0.5, 0.6) is 0 Å². The molecule has 7 nitrogen and oxygen atoms in total. The van der Waals surface area contributed by atoms with Gasteiger partial charge >= 0.3 is 5.97 Å². The smallest absolute Gasteiger partial charge is 0.326 e. The van der Waals surface area contributed by atoms with Gasteiger partial charge in [0.05, 0.1) is 0 Å². The highest BCUT2D eigenvalue weighted by Crippen LogP contribution is 2.07. The van der Waals surface area contributed by atoms with Crippen molar-refractivity contribution in [3.8, 4) is 0 Å². The molecule has 1 aromatic rings. The average Bonchev–Trinajstić information content (AvgIpc) is 2.45. The molecule has 0 saturated carbocycles. The lowest BCUT2D eigenvalue weighted by molar-refractivity contribution is -0.147. The van der Waals surface area contributed by atoms with Crippen LogP contribution in [0.3, 0.4) is 0 Å². The highest BCUT2D eigenvalue weighted by Gasteiger charge is 2.22. The van der Waals surface area contributed by atoms with E-state index < -0.39 is 12.0 Å². The van der Waals surface area contributed by atoms with E-state index in [1.807, 2.05) is 14.1 Å². The van der Waals surface area contributed by atoms with Crippen molar-refractivity contribution in [2.24, 2.45) is 0 Å². The molecule has 0 aliphatic heterocycles. The molecule has 0 fully saturated rings. The van der Waals surface area contributed by atoms with Crippen LogP contribution in [0.15, 0.2) is 18.5 Å². The molecule has 0 aliphatic rings. The first-order valence-electron chi connectivity index (χ1n) is 6.53. The van der Waals surface area contributed by atoms with E-state index in [0.717, 1.165) is 0 Å². The van der Waals surface area contributed by atoms with Crippen LogP contribution in [0.4, 0.5) is 5.95 Å². The molecule has 1 amide bonds. The van der Waals surface area contributed by atoms with Crippen LogP contribution in [0.25, 0.3) is 6.08 Å². The van der Waals surface area contributed by atoms with E-state index in [1.165, 1.54) is 18.0 Å². The molecule has 0 radical (unpaired) electrons. The summed E-state index contributed by atoms with van der Waals surface area (Å²) in [6.45, 7) is 1.72. The molecule has 1 aromatic heterocycles. The Bertz CT molecular complexity index is 526. The summed E-state index contributed by atoms with van der Waals surface area (Å²) in [7, 11) is 5.14. The number of amides is 1. The first kappa shape index (κ1) is 16.6. The quantitative estimate of drug-likeness (QED) is 0.783. The van der Waals surface area contributed by atoms with Crippen LogP contribution in [-0.4, -0.2) is 59.0 Å². The summed E-state index contributed by atoms with van der Waals surface area (Å²) in [5, 5.41) is 9.02. The number of rotatable bonds is 6. The molecule has 0 spiro atoms. The summed E-state index contributed by atoms with van der Waals surface area (Å²) in [6.07, 6.45) is 6.43. The maximum absolute atomic E-state index is 11.9. The van der Waals surface area contributed by atoms with E-state index in [2.05, 4.69) is 9.97 Å². The van der Waals surface area contributed by atoms with Gasteiger partial charge in [-0.05, 0) is 12.5 Å². The molecule has 1 rings (SSSR count). The minimum Gasteiger partial charge on any atom is -0.480 e. The largest absolute Gasteiger partial charge is 0.480 e. The lowest BCUT2D eigenvalue weighted by Gasteiger charge is -2.22. The molecule has 0 aromatic carbocycles. The number of nitrogens with zero attached hydrogens (tertiary/aromatic N) is 4.